The Morgan fingerprint density at radius 2 is 2.19 bits per heavy atom. The molecule has 16 heavy (non-hydrogen) atoms. The largest absolute Gasteiger partial charge is 0.374 e. The van der Waals surface area contributed by atoms with Crippen LogP contribution in [-0.2, 0) is 11.3 Å². The quantitative estimate of drug-likeness (QED) is 0.797. The average Bonchev–Trinajstić information content (AvgIpc) is 2.30. The summed E-state index contributed by atoms with van der Waals surface area (Å²) in [5.41, 5.74) is 0.599. The van der Waals surface area contributed by atoms with Crippen LogP contribution in [0.4, 0.5) is 0 Å². The summed E-state index contributed by atoms with van der Waals surface area (Å²) < 4.78 is 5.34. The maximum absolute atomic E-state index is 11.7. The first-order chi connectivity index (χ1) is 7.81. The van der Waals surface area contributed by atoms with Gasteiger partial charge in [0.2, 0.25) is 0 Å². The molecule has 1 aromatic carbocycles. The molecule has 0 bridgehead atoms. The molecule has 0 aliphatic rings. The number of aromatic amines is 1. The van der Waals surface area contributed by atoms with Crippen LogP contribution < -0.4 is 5.56 Å². The molecule has 0 aliphatic carbocycles. The minimum absolute atomic E-state index is 0.110. The molecular formula is C12H14N2O2. The summed E-state index contributed by atoms with van der Waals surface area (Å²) in [5, 5.41) is 0.613. The first kappa shape index (κ1) is 10.8. The van der Waals surface area contributed by atoms with Crippen LogP contribution in [0.1, 0.15) is 19.2 Å². The summed E-state index contributed by atoms with van der Waals surface area (Å²) in [4.78, 5) is 18.7. The van der Waals surface area contributed by atoms with Crippen molar-refractivity contribution in [3.05, 3.63) is 40.4 Å². The number of H-pyrrole nitrogens is 1. The molecule has 2 rings (SSSR count). The van der Waals surface area contributed by atoms with Gasteiger partial charge in [0.05, 0.1) is 10.9 Å². The Morgan fingerprint density at radius 1 is 1.38 bits per heavy atom. The molecule has 4 heteroatoms. The van der Waals surface area contributed by atoms with Gasteiger partial charge in [-0.05, 0) is 18.6 Å². The number of benzene rings is 1. The topological polar surface area (TPSA) is 55.0 Å². The van der Waals surface area contributed by atoms with Crippen LogP contribution in [0.15, 0.2) is 29.1 Å². The second kappa shape index (κ2) is 4.90. The third kappa shape index (κ3) is 2.28. The number of nitrogens with one attached hydrogen (secondary N) is 1. The third-order valence-corrected chi connectivity index (χ3v) is 2.25. The molecule has 0 spiro atoms. The lowest BCUT2D eigenvalue weighted by atomic mass is 10.2. The van der Waals surface area contributed by atoms with Crippen molar-refractivity contribution in [2.24, 2.45) is 0 Å². The van der Waals surface area contributed by atoms with E-state index in [1.165, 1.54) is 0 Å². The zero-order valence-electron chi connectivity index (χ0n) is 9.19. The minimum atomic E-state index is -0.110. The van der Waals surface area contributed by atoms with Gasteiger partial charge in [-0.1, -0.05) is 19.1 Å². The molecule has 0 saturated carbocycles. The Balaban J connectivity index is 2.31. The van der Waals surface area contributed by atoms with Crippen molar-refractivity contribution in [2.45, 2.75) is 20.0 Å². The lowest BCUT2D eigenvalue weighted by Gasteiger charge is -2.03. The molecule has 1 N–H and O–H groups in total. The van der Waals surface area contributed by atoms with Crippen molar-refractivity contribution >= 4 is 10.9 Å². The summed E-state index contributed by atoms with van der Waals surface area (Å²) >= 11 is 0. The van der Waals surface area contributed by atoms with E-state index in [4.69, 9.17) is 4.74 Å². The Labute approximate surface area is 93.3 Å². The number of aromatic nitrogens is 2. The summed E-state index contributed by atoms with van der Waals surface area (Å²) in [6.45, 7) is 3.07. The van der Waals surface area contributed by atoms with E-state index in [0.29, 0.717) is 29.9 Å². The molecule has 0 amide bonds. The smallest absolute Gasteiger partial charge is 0.258 e. The molecule has 0 atom stereocenters. The Kier molecular flexibility index (Phi) is 3.31. The van der Waals surface area contributed by atoms with Gasteiger partial charge in [0, 0.05) is 6.61 Å². The normalized spacial score (nSPS) is 10.8. The van der Waals surface area contributed by atoms with E-state index in [2.05, 4.69) is 9.97 Å². The van der Waals surface area contributed by atoms with Gasteiger partial charge in [0.15, 0.2) is 0 Å². The molecule has 1 heterocycles. The number of fused-ring (bicyclic) bond motifs is 1. The molecule has 4 nitrogen and oxygen atoms in total. The summed E-state index contributed by atoms with van der Waals surface area (Å²) in [6, 6.07) is 7.28. The standard InChI is InChI=1S/C12H14N2O2/c1-2-7-16-8-11-13-10-6-4-3-5-9(10)12(15)14-11/h3-6H,2,7-8H2,1H3,(H,13,14,15). The molecule has 1 aromatic heterocycles. The van der Waals surface area contributed by atoms with Crippen LogP contribution in [0.2, 0.25) is 0 Å². The monoisotopic (exact) mass is 218 g/mol. The fourth-order valence-corrected chi connectivity index (χ4v) is 1.52. The van der Waals surface area contributed by atoms with E-state index in [1.807, 2.05) is 25.1 Å². The minimum Gasteiger partial charge on any atom is -0.374 e. The zero-order valence-corrected chi connectivity index (χ0v) is 9.19. The van der Waals surface area contributed by atoms with Crippen LogP contribution in [-0.4, -0.2) is 16.6 Å². The van der Waals surface area contributed by atoms with E-state index >= 15 is 0 Å². The highest BCUT2D eigenvalue weighted by Gasteiger charge is 2.02. The number of ether oxygens (including phenoxy) is 1. The van der Waals surface area contributed by atoms with Gasteiger partial charge in [-0.3, -0.25) is 4.79 Å². The molecule has 84 valence electrons. The van der Waals surface area contributed by atoms with E-state index in [9.17, 15) is 4.79 Å². The predicted octanol–water partition coefficient (Wildman–Crippen LogP) is 1.85. The third-order valence-electron chi connectivity index (χ3n) is 2.25. The second-order valence-electron chi connectivity index (χ2n) is 3.58. The van der Waals surface area contributed by atoms with Gasteiger partial charge >= 0.3 is 0 Å². The Hall–Kier alpha value is -1.68. The highest BCUT2D eigenvalue weighted by atomic mass is 16.5. The first-order valence-electron chi connectivity index (χ1n) is 5.37. The van der Waals surface area contributed by atoms with E-state index < -0.39 is 0 Å². The number of rotatable bonds is 4. The van der Waals surface area contributed by atoms with Gasteiger partial charge in [0.25, 0.3) is 5.56 Å². The highest BCUT2D eigenvalue weighted by Crippen LogP contribution is 2.05. The Morgan fingerprint density at radius 3 is 3.00 bits per heavy atom. The highest BCUT2D eigenvalue weighted by molar-refractivity contribution is 5.77. The van der Waals surface area contributed by atoms with Gasteiger partial charge in [0.1, 0.15) is 12.4 Å². The van der Waals surface area contributed by atoms with E-state index in [0.717, 1.165) is 6.42 Å². The number of hydrogen-bond donors (Lipinski definition) is 1. The molecule has 2 aromatic rings. The average molecular weight is 218 g/mol. The second-order valence-corrected chi connectivity index (χ2v) is 3.58. The lowest BCUT2D eigenvalue weighted by Crippen LogP contribution is -2.12. The van der Waals surface area contributed by atoms with Crippen molar-refractivity contribution in [1.29, 1.82) is 0 Å². The van der Waals surface area contributed by atoms with Crippen LogP contribution >= 0.6 is 0 Å². The molecule has 0 aliphatic heterocycles. The lowest BCUT2D eigenvalue weighted by molar-refractivity contribution is 0.116. The SMILES string of the molecule is CCCOCc1nc2ccccc2c(=O)[nH]1. The maximum atomic E-state index is 11.7. The summed E-state index contributed by atoms with van der Waals surface area (Å²) in [7, 11) is 0. The van der Waals surface area contributed by atoms with Crippen molar-refractivity contribution in [3.8, 4) is 0 Å². The predicted molar refractivity (Wildman–Crippen MR) is 62.3 cm³/mol. The molecule has 0 fully saturated rings. The maximum Gasteiger partial charge on any atom is 0.258 e. The van der Waals surface area contributed by atoms with Crippen molar-refractivity contribution < 1.29 is 4.74 Å². The van der Waals surface area contributed by atoms with E-state index in [-0.39, 0.29) is 5.56 Å². The van der Waals surface area contributed by atoms with Gasteiger partial charge < -0.3 is 9.72 Å². The van der Waals surface area contributed by atoms with Gasteiger partial charge in [-0.15, -0.1) is 0 Å². The molecule has 0 unspecified atom stereocenters. The number of hydrogen-bond acceptors (Lipinski definition) is 3. The first-order valence-corrected chi connectivity index (χ1v) is 5.37. The van der Waals surface area contributed by atoms with Crippen molar-refractivity contribution in [1.82, 2.24) is 9.97 Å². The van der Waals surface area contributed by atoms with Crippen LogP contribution in [0, 0.1) is 0 Å². The van der Waals surface area contributed by atoms with Gasteiger partial charge in [-0.25, -0.2) is 4.98 Å². The van der Waals surface area contributed by atoms with Crippen molar-refractivity contribution in [2.75, 3.05) is 6.61 Å². The fraction of sp³-hybridized carbons (Fsp3) is 0.333. The molecule has 0 saturated heterocycles. The molecule has 0 radical (unpaired) electrons. The summed E-state index contributed by atoms with van der Waals surface area (Å²) in [6.07, 6.45) is 0.956. The zero-order chi connectivity index (χ0) is 11.4. The fourth-order valence-electron chi connectivity index (χ4n) is 1.52. The van der Waals surface area contributed by atoms with Crippen LogP contribution in [0.5, 0.6) is 0 Å². The van der Waals surface area contributed by atoms with E-state index in [1.54, 1.807) is 6.07 Å². The van der Waals surface area contributed by atoms with Crippen LogP contribution in [0.25, 0.3) is 10.9 Å². The number of nitrogens with zero attached hydrogens (tertiary/aromatic N) is 1. The van der Waals surface area contributed by atoms with Crippen molar-refractivity contribution in [3.63, 3.8) is 0 Å². The molecular weight excluding hydrogens is 204 g/mol. The van der Waals surface area contributed by atoms with Crippen LogP contribution in [0.3, 0.4) is 0 Å². The van der Waals surface area contributed by atoms with Gasteiger partial charge in [-0.2, -0.15) is 0 Å². The summed E-state index contributed by atoms with van der Waals surface area (Å²) in [5.74, 6) is 0.581. The Bertz CT molecular complexity index is 534. The number of para-hydroxylation sites is 1.